The van der Waals surface area contributed by atoms with E-state index in [2.05, 4.69) is 193 Å². The Morgan fingerprint density at radius 3 is 1.89 bits per heavy atom. The van der Waals surface area contributed by atoms with E-state index in [1.807, 2.05) is 23.5 Å². The van der Waals surface area contributed by atoms with E-state index in [-0.39, 0.29) is 0 Å². The minimum Gasteiger partial charge on any atom is -0.456 e. The van der Waals surface area contributed by atoms with Gasteiger partial charge in [-0.2, -0.15) is 0 Å². The van der Waals surface area contributed by atoms with E-state index in [9.17, 15) is 0 Å². The quantitative estimate of drug-likeness (QED) is 0.170. The zero-order valence-corrected chi connectivity index (χ0v) is 30.6. The van der Waals surface area contributed by atoms with E-state index in [1.54, 1.807) is 0 Å². The van der Waals surface area contributed by atoms with Gasteiger partial charge >= 0.3 is 0 Å². The van der Waals surface area contributed by atoms with Crippen LogP contribution >= 0.6 is 11.3 Å². The van der Waals surface area contributed by atoms with Crippen LogP contribution in [-0.4, -0.2) is 0 Å². The van der Waals surface area contributed by atoms with Gasteiger partial charge in [0.2, 0.25) is 0 Å². The van der Waals surface area contributed by atoms with E-state index >= 15 is 0 Å². The first kappa shape index (κ1) is 31.6. The molecule has 0 unspecified atom stereocenters. The third-order valence-electron chi connectivity index (χ3n) is 10.9. The highest BCUT2D eigenvalue weighted by molar-refractivity contribution is 7.25. The second-order valence-corrected chi connectivity index (χ2v) is 15.2. The summed E-state index contributed by atoms with van der Waals surface area (Å²) >= 11 is 1.85. The van der Waals surface area contributed by atoms with Crippen molar-refractivity contribution in [3.63, 3.8) is 0 Å². The predicted octanol–water partition coefficient (Wildman–Crippen LogP) is 15.6. The van der Waals surface area contributed by atoms with Crippen LogP contribution in [0.25, 0.3) is 86.3 Å². The molecule has 0 saturated carbocycles. The number of benzene rings is 9. The molecule has 3 heteroatoms. The molecule has 0 amide bonds. The van der Waals surface area contributed by atoms with Gasteiger partial charge < -0.3 is 9.32 Å². The van der Waals surface area contributed by atoms with Gasteiger partial charge in [0.1, 0.15) is 11.2 Å². The first-order valence-electron chi connectivity index (χ1n) is 18.7. The van der Waals surface area contributed by atoms with Crippen LogP contribution in [0.4, 0.5) is 17.1 Å². The summed E-state index contributed by atoms with van der Waals surface area (Å²) in [5.74, 6) is 0. The summed E-state index contributed by atoms with van der Waals surface area (Å²) in [5, 5.41) is 7.35. The SMILES string of the molecule is c1cc(-c2ccccc2N(c2ccc(-c3ccc4sc5ccccc5c4c3)cc2)c2ccc3c(c2)oc2ccccc23)cc(-c2cccc3ccccc23)c1. The van der Waals surface area contributed by atoms with Crippen LogP contribution < -0.4 is 4.90 Å². The summed E-state index contributed by atoms with van der Waals surface area (Å²) in [5.41, 5.74) is 12.1. The molecule has 2 nitrogen and oxygen atoms in total. The topological polar surface area (TPSA) is 16.4 Å². The van der Waals surface area contributed by atoms with Crippen LogP contribution in [-0.2, 0) is 0 Å². The molecule has 9 aromatic carbocycles. The molecule has 0 N–H and O–H groups in total. The lowest BCUT2D eigenvalue weighted by Crippen LogP contribution is -2.11. The molecule has 0 bridgehead atoms. The maximum absolute atomic E-state index is 6.44. The van der Waals surface area contributed by atoms with E-state index < -0.39 is 0 Å². The molecular formula is C52H33NOS. The Labute approximate surface area is 322 Å². The Kier molecular flexibility index (Phi) is 7.39. The number of anilines is 3. The number of para-hydroxylation sites is 2. The van der Waals surface area contributed by atoms with Crippen molar-refractivity contribution >= 4 is 81.3 Å². The van der Waals surface area contributed by atoms with Crippen molar-refractivity contribution in [1.82, 2.24) is 0 Å². The molecular weight excluding hydrogens is 687 g/mol. The molecule has 0 spiro atoms. The third-order valence-corrected chi connectivity index (χ3v) is 12.0. The monoisotopic (exact) mass is 719 g/mol. The fourth-order valence-corrected chi connectivity index (χ4v) is 9.32. The summed E-state index contributed by atoms with van der Waals surface area (Å²) in [7, 11) is 0. The molecule has 2 heterocycles. The minimum atomic E-state index is 0.868. The first-order chi connectivity index (χ1) is 27.2. The molecule has 258 valence electrons. The van der Waals surface area contributed by atoms with Crippen molar-refractivity contribution in [2.24, 2.45) is 0 Å². The average Bonchev–Trinajstić information content (AvgIpc) is 3.82. The zero-order chi connectivity index (χ0) is 36.3. The molecule has 11 aromatic rings. The summed E-state index contributed by atoms with van der Waals surface area (Å²) in [6, 6.07) is 72.3. The van der Waals surface area contributed by atoms with Gasteiger partial charge in [0.25, 0.3) is 0 Å². The molecule has 55 heavy (non-hydrogen) atoms. The van der Waals surface area contributed by atoms with E-state index in [0.29, 0.717) is 0 Å². The van der Waals surface area contributed by atoms with Gasteiger partial charge in [-0.25, -0.2) is 0 Å². The molecule has 2 aromatic heterocycles. The van der Waals surface area contributed by atoms with Gasteiger partial charge in [-0.15, -0.1) is 11.3 Å². The van der Waals surface area contributed by atoms with Crippen molar-refractivity contribution in [3.05, 3.63) is 200 Å². The molecule has 0 radical (unpaired) electrons. The van der Waals surface area contributed by atoms with Crippen LogP contribution in [0, 0.1) is 0 Å². The largest absolute Gasteiger partial charge is 0.456 e. The van der Waals surface area contributed by atoms with Crippen LogP contribution in [0.1, 0.15) is 0 Å². The Morgan fingerprint density at radius 1 is 0.345 bits per heavy atom. The molecule has 11 rings (SSSR count). The van der Waals surface area contributed by atoms with Gasteiger partial charge in [0, 0.05) is 53.9 Å². The zero-order valence-electron chi connectivity index (χ0n) is 29.8. The van der Waals surface area contributed by atoms with Crippen molar-refractivity contribution in [3.8, 4) is 33.4 Å². The lowest BCUT2D eigenvalue weighted by molar-refractivity contribution is 0.669. The molecule has 0 aliphatic rings. The second-order valence-electron chi connectivity index (χ2n) is 14.1. The maximum Gasteiger partial charge on any atom is 0.137 e. The molecule has 0 fully saturated rings. The summed E-state index contributed by atoms with van der Waals surface area (Å²) < 4.78 is 9.08. The van der Waals surface area contributed by atoms with Gasteiger partial charge in [-0.05, 0) is 99.3 Å². The van der Waals surface area contributed by atoms with Crippen molar-refractivity contribution in [2.75, 3.05) is 4.90 Å². The molecule has 0 saturated heterocycles. The standard InChI is InChI=1S/C52H33NOS/c1-2-15-41-35(11-1)12-10-19-42(41)37-13-9-14-38(31-37)43-16-3-6-20-48(43)53(40-28-29-45-44-17-4-7-21-49(44)54-50(45)33-40)39-26-23-34(24-27-39)36-25-30-52-47(32-36)46-18-5-8-22-51(46)55-52/h1-33H. The Bertz CT molecular complexity index is 3220. The van der Waals surface area contributed by atoms with Crippen molar-refractivity contribution in [1.29, 1.82) is 0 Å². The molecule has 0 aliphatic carbocycles. The van der Waals surface area contributed by atoms with Gasteiger partial charge in [-0.1, -0.05) is 133 Å². The van der Waals surface area contributed by atoms with E-state index in [1.165, 1.54) is 53.2 Å². The van der Waals surface area contributed by atoms with Crippen LogP contribution in [0.15, 0.2) is 205 Å². The average molecular weight is 720 g/mol. The first-order valence-corrected chi connectivity index (χ1v) is 19.5. The minimum absolute atomic E-state index is 0.868. The second kappa shape index (κ2) is 12.9. The number of nitrogens with zero attached hydrogens (tertiary/aromatic N) is 1. The van der Waals surface area contributed by atoms with Crippen molar-refractivity contribution < 1.29 is 4.42 Å². The highest BCUT2D eigenvalue weighted by Crippen LogP contribution is 2.44. The lowest BCUT2D eigenvalue weighted by Gasteiger charge is -2.28. The summed E-state index contributed by atoms with van der Waals surface area (Å²) in [6.07, 6.45) is 0. The Morgan fingerprint density at radius 2 is 0.982 bits per heavy atom. The number of fused-ring (bicyclic) bond motifs is 7. The normalized spacial score (nSPS) is 11.6. The smallest absolute Gasteiger partial charge is 0.137 e. The van der Waals surface area contributed by atoms with E-state index in [0.717, 1.165) is 50.1 Å². The number of furan rings is 1. The van der Waals surface area contributed by atoms with Crippen LogP contribution in [0.2, 0.25) is 0 Å². The summed E-state index contributed by atoms with van der Waals surface area (Å²) in [6.45, 7) is 0. The summed E-state index contributed by atoms with van der Waals surface area (Å²) in [4.78, 5) is 2.37. The van der Waals surface area contributed by atoms with Gasteiger partial charge in [0.05, 0.1) is 5.69 Å². The number of thiophene rings is 1. The molecule has 0 aliphatic heterocycles. The maximum atomic E-state index is 6.44. The Hall–Kier alpha value is -6.94. The fourth-order valence-electron chi connectivity index (χ4n) is 8.23. The third kappa shape index (κ3) is 5.40. The lowest BCUT2D eigenvalue weighted by atomic mass is 9.94. The van der Waals surface area contributed by atoms with Gasteiger partial charge in [-0.3, -0.25) is 0 Å². The number of rotatable bonds is 6. The highest BCUT2D eigenvalue weighted by atomic mass is 32.1. The number of hydrogen-bond donors (Lipinski definition) is 0. The van der Waals surface area contributed by atoms with Crippen LogP contribution in [0.3, 0.4) is 0 Å². The fraction of sp³-hybridized carbons (Fsp3) is 0. The number of hydrogen-bond acceptors (Lipinski definition) is 3. The Balaban J connectivity index is 1.06. The van der Waals surface area contributed by atoms with Crippen LogP contribution in [0.5, 0.6) is 0 Å². The molecule has 0 atom stereocenters. The van der Waals surface area contributed by atoms with E-state index in [4.69, 9.17) is 4.42 Å². The van der Waals surface area contributed by atoms with Gasteiger partial charge in [0.15, 0.2) is 0 Å². The van der Waals surface area contributed by atoms with Crippen molar-refractivity contribution in [2.45, 2.75) is 0 Å². The highest BCUT2D eigenvalue weighted by Gasteiger charge is 2.20. The predicted molar refractivity (Wildman–Crippen MR) is 235 cm³/mol.